The van der Waals surface area contributed by atoms with Crippen LogP contribution in [-0.2, 0) is 4.74 Å². The summed E-state index contributed by atoms with van der Waals surface area (Å²) < 4.78 is 4.78. The minimum Gasteiger partial charge on any atom is -0.365 e. The molecule has 0 saturated carbocycles. The van der Waals surface area contributed by atoms with E-state index >= 15 is 0 Å². The Labute approximate surface area is 68.0 Å². The normalized spacial score (nSPS) is 9.82. The Hall–Kier alpha value is -0.740. The molecule has 0 saturated heterocycles. The molecule has 0 unspecified atom stereocenters. The highest BCUT2D eigenvalue weighted by Crippen LogP contribution is 1.76. The van der Waals surface area contributed by atoms with Gasteiger partial charge in [0.05, 0.1) is 0 Å². The summed E-state index contributed by atoms with van der Waals surface area (Å²) in [5.74, 6) is 0.709. The summed E-state index contributed by atoms with van der Waals surface area (Å²) in [5.41, 5.74) is 5.87. The van der Waals surface area contributed by atoms with Gasteiger partial charge >= 0.3 is 0 Å². The Morgan fingerprint density at radius 2 is 2.18 bits per heavy atom. The molecule has 0 rings (SSSR count). The van der Waals surface area contributed by atoms with Crippen LogP contribution < -0.4 is 16.2 Å². The quantitative estimate of drug-likeness (QED) is 0.381. The lowest BCUT2D eigenvalue weighted by Gasteiger charge is -2.14. The van der Waals surface area contributed by atoms with E-state index in [1.165, 1.54) is 0 Å². The van der Waals surface area contributed by atoms with Crippen LogP contribution >= 0.6 is 0 Å². The molecule has 0 aromatic heterocycles. The van der Waals surface area contributed by atoms with Crippen molar-refractivity contribution in [1.82, 2.24) is 16.2 Å². The van der Waals surface area contributed by atoms with E-state index in [9.17, 15) is 0 Å². The summed E-state index contributed by atoms with van der Waals surface area (Å²) in [6, 6.07) is 0.385. The van der Waals surface area contributed by atoms with Crippen LogP contribution in [0.15, 0.2) is 12.4 Å². The zero-order valence-electron chi connectivity index (χ0n) is 7.40. The molecular formula is C7H17N3O. The maximum absolute atomic E-state index is 4.78. The zero-order chi connectivity index (χ0) is 8.69. The lowest BCUT2D eigenvalue weighted by molar-refractivity contribution is 0.181. The number of hydrogen-bond acceptors (Lipinski definition) is 4. The van der Waals surface area contributed by atoms with Crippen molar-refractivity contribution in [1.29, 1.82) is 0 Å². The van der Waals surface area contributed by atoms with Crippen molar-refractivity contribution in [3.8, 4) is 0 Å². The van der Waals surface area contributed by atoms with Gasteiger partial charge in [0.1, 0.15) is 12.6 Å². The number of rotatable bonds is 6. The SMILES string of the molecule is C=C(NCOC)NNC(C)C. The summed E-state index contributed by atoms with van der Waals surface area (Å²) in [5, 5.41) is 2.90. The highest BCUT2D eigenvalue weighted by Gasteiger charge is 1.91. The van der Waals surface area contributed by atoms with Gasteiger partial charge in [-0.1, -0.05) is 6.58 Å². The zero-order valence-corrected chi connectivity index (χ0v) is 7.40. The fraction of sp³-hybridized carbons (Fsp3) is 0.714. The van der Waals surface area contributed by atoms with Crippen LogP contribution in [0.2, 0.25) is 0 Å². The fourth-order valence-corrected chi connectivity index (χ4v) is 0.435. The van der Waals surface area contributed by atoms with Crippen molar-refractivity contribution in [2.24, 2.45) is 0 Å². The molecule has 0 aliphatic rings. The van der Waals surface area contributed by atoms with E-state index in [1.807, 2.05) is 13.8 Å². The summed E-state index contributed by atoms with van der Waals surface area (Å²) in [7, 11) is 1.62. The molecule has 4 heteroatoms. The molecule has 0 aliphatic heterocycles. The van der Waals surface area contributed by atoms with Crippen LogP contribution in [0, 0.1) is 0 Å². The van der Waals surface area contributed by atoms with E-state index in [1.54, 1.807) is 7.11 Å². The Bertz CT molecular complexity index is 114. The first-order valence-corrected chi connectivity index (χ1v) is 3.60. The number of ether oxygens (including phenoxy) is 1. The first kappa shape index (κ1) is 10.3. The molecule has 0 aliphatic carbocycles. The third kappa shape index (κ3) is 7.15. The van der Waals surface area contributed by atoms with Gasteiger partial charge in [-0.3, -0.25) is 0 Å². The molecule has 0 atom stereocenters. The first-order valence-electron chi connectivity index (χ1n) is 3.60. The van der Waals surface area contributed by atoms with Crippen molar-refractivity contribution < 1.29 is 4.74 Å². The van der Waals surface area contributed by atoms with Crippen LogP contribution in [0.1, 0.15) is 13.8 Å². The summed E-state index contributed by atoms with van der Waals surface area (Å²) in [6.45, 7) is 8.24. The third-order valence-corrected chi connectivity index (χ3v) is 0.942. The molecule has 0 aromatic carbocycles. The lowest BCUT2D eigenvalue weighted by Crippen LogP contribution is -2.41. The Morgan fingerprint density at radius 3 is 2.64 bits per heavy atom. The predicted octanol–water partition coefficient (Wildman–Crippen LogP) is 0.154. The van der Waals surface area contributed by atoms with Gasteiger partial charge in [0.15, 0.2) is 0 Å². The second-order valence-corrected chi connectivity index (χ2v) is 2.51. The molecule has 4 nitrogen and oxygen atoms in total. The summed E-state index contributed by atoms with van der Waals surface area (Å²) in [4.78, 5) is 0. The van der Waals surface area contributed by atoms with Gasteiger partial charge in [0, 0.05) is 13.2 Å². The van der Waals surface area contributed by atoms with Crippen LogP contribution in [-0.4, -0.2) is 19.9 Å². The van der Waals surface area contributed by atoms with Crippen LogP contribution in [0.3, 0.4) is 0 Å². The van der Waals surface area contributed by atoms with Crippen molar-refractivity contribution in [2.75, 3.05) is 13.8 Å². The maximum Gasteiger partial charge on any atom is 0.117 e. The molecule has 66 valence electrons. The van der Waals surface area contributed by atoms with Crippen molar-refractivity contribution in [2.45, 2.75) is 19.9 Å². The van der Waals surface area contributed by atoms with Gasteiger partial charge in [-0.15, -0.1) is 0 Å². The Balaban J connectivity index is 3.23. The van der Waals surface area contributed by atoms with Crippen LogP contribution in [0.25, 0.3) is 0 Å². The van der Waals surface area contributed by atoms with Gasteiger partial charge in [-0.2, -0.15) is 0 Å². The summed E-state index contributed by atoms with van der Waals surface area (Å²) in [6.07, 6.45) is 0. The van der Waals surface area contributed by atoms with Gasteiger partial charge in [0.25, 0.3) is 0 Å². The van der Waals surface area contributed by atoms with Gasteiger partial charge in [-0.25, -0.2) is 5.43 Å². The second-order valence-electron chi connectivity index (χ2n) is 2.51. The minimum atomic E-state index is 0.385. The molecule has 3 N–H and O–H groups in total. The van der Waals surface area contributed by atoms with E-state index < -0.39 is 0 Å². The molecule has 0 heterocycles. The number of nitrogens with one attached hydrogen (secondary N) is 3. The highest BCUT2D eigenvalue weighted by atomic mass is 16.5. The third-order valence-electron chi connectivity index (χ3n) is 0.942. The van der Waals surface area contributed by atoms with E-state index in [-0.39, 0.29) is 0 Å². The standard InChI is InChI=1S/C7H17N3O/c1-6(2)9-10-7(3)8-5-11-4/h6,8-10H,3,5H2,1-2,4H3. The average Bonchev–Trinajstić information content (AvgIpc) is 1.97. The molecule has 11 heavy (non-hydrogen) atoms. The molecule has 0 radical (unpaired) electrons. The summed E-state index contributed by atoms with van der Waals surface area (Å²) >= 11 is 0. The highest BCUT2D eigenvalue weighted by molar-refractivity contribution is 4.84. The first-order chi connectivity index (χ1) is 5.16. The predicted molar refractivity (Wildman–Crippen MR) is 45.6 cm³/mol. The van der Waals surface area contributed by atoms with Crippen molar-refractivity contribution in [3.63, 3.8) is 0 Å². The molecule has 0 spiro atoms. The molecule has 0 fully saturated rings. The van der Waals surface area contributed by atoms with E-state index in [0.29, 0.717) is 18.6 Å². The second kappa shape index (κ2) is 6.00. The minimum absolute atomic E-state index is 0.385. The van der Waals surface area contributed by atoms with Gasteiger partial charge in [-0.05, 0) is 13.8 Å². The Kier molecular flexibility index (Phi) is 5.60. The number of methoxy groups -OCH3 is 1. The van der Waals surface area contributed by atoms with E-state index in [4.69, 9.17) is 4.74 Å². The lowest BCUT2D eigenvalue weighted by atomic mass is 10.4. The smallest absolute Gasteiger partial charge is 0.117 e. The van der Waals surface area contributed by atoms with Crippen LogP contribution in [0.5, 0.6) is 0 Å². The topological polar surface area (TPSA) is 45.3 Å². The molecule has 0 bridgehead atoms. The molecular weight excluding hydrogens is 142 g/mol. The fourth-order valence-electron chi connectivity index (χ4n) is 0.435. The van der Waals surface area contributed by atoms with Crippen LogP contribution in [0.4, 0.5) is 0 Å². The van der Waals surface area contributed by atoms with Crippen molar-refractivity contribution >= 4 is 0 Å². The van der Waals surface area contributed by atoms with E-state index in [0.717, 1.165) is 0 Å². The molecule has 0 aromatic rings. The largest absolute Gasteiger partial charge is 0.365 e. The Morgan fingerprint density at radius 1 is 1.55 bits per heavy atom. The van der Waals surface area contributed by atoms with Gasteiger partial charge in [0.2, 0.25) is 0 Å². The van der Waals surface area contributed by atoms with Gasteiger partial charge < -0.3 is 15.5 Å². The maximum atomic E-state index is 4.78. The molecule has 0 amide bonds. The number of hydrazine groups is 1. The van der Waals surface area contributed by atoms with Crippen molar-refractivity contribution in [3.05, 3.63) is 12.4 Å². The van der Waals surface area contributed by atoms with E-state index in [2.05, 4.69) is 22.7 Å². The average molecular weight is 159 g/mol. The number of hydrogen-bond donors (Lipinski definition) is 3. The monoisotopic (exact) mass is 159 g/mol.